The molecule has 19 heavy (non-hydrogen) atoms. The van der Waals surface area contributed by atoms with Gasteiger partial charge in [-0.1, -0.05) is 6.92 Å². The first-order valence-electron chi connectivity index (χ1n) is 7.25. The van der Waals surface area contributed by atoms with E-state index in [1.54, 1.807) is 6.92 Å². The van der Waals surface area contributed by atoms with Crippen molar-refractivity contribution in [2.45, 2.75) is 89.3 Å². The van der Waals surface area contributed by atoms with Gasteiger partial charge in [0, 0.05) is 0 Å². The van der Waals surface area contributed by atoms with Gasteiger partial charge in [-0.25, -0.2) is 0 Å². The molecule has 0 amide bonds. The van der Waals surface area contributed by atoms with Crippen molar-refractivity contribution in [2.24, 2.45) is 0 Å². The normalized spacial score (nSPS) is 19.7. The number of rotatable bonds is 11. The van der Waals surface area contributed by atoms with Crippen LogP contribution in [0.25, 0.3) is 0 Å². The Bertz CT molecular complexity index is 210. The third-order valence-corrected chi connectivity index (χ3v) is 3.25. The van der Waals surface area contributed by atoms with Crippen LogP contribution in [0.5, 0.6) is 0 Å². The molecule has 0 fully saturated rings. The van der Waals surface area contributed by atoms with Crippen LogP contribution >= 0.6 is 0 Å². The number of aliphatic hydroxyl groups excluding tert-OH is 5. The second-order valence-electron chi connectivity index (χ2n) is 5.51. The van der Waals surface area contributed by atoms with Gasteiger partial charge in [0.15, 0.2) is 0 Å². The van der Waals surface area contributed by atoms with E-state index in [2.05, 4.69) is 0 Å². The zero-order chi connectivity index (χ0) is 14.8. The minimum Gasteiger partial charge on any atom is -0.393 e. The molecular weight excluding hydrogens is 248 g/mol. The highest BCUT2D eigenvalue weighted by molar-refractivity contribution is 4.68. The Morgan fingerprint density at radius 3 is 1.58 bits per heavy atom. The molecule has 0 aromatic rings. The van der Waals surface area contributed by atoms with Crippen LogP contribution in [0.1, 0.15) is 58.8 Å². The highest BCUT2D eigenvalue weighted by Gasteiger charge is 2.15. The summed E-state index contributed by atoms with van der Waals surface area (Å²) in [7, 11) is 0. The molecule has 5 unspecified atom stereocenters. The summed E-state index contributed by atoms with van der Waals surface area (Å²) in [5.74, 6) is 0. The molecule has 5 N–H and O–H groups in total. The van der Waals surface area contributed by atoms with Gasteiger partial charge in [0.1, 0.15) is 0 Å². The number of hydrogen-bond donors (Lipinski definition) is 5. The predicted molar refractivity (Wildman–Crippen MR) is 73.7 cm³/mol. The lowest BCUT2D eigenvalue weighted by molar-refractivity contribution is 0.0378. The van der Waals surface area contributed by atoms with E-state index in [-0.39, 0.29) is 12.8 Å². The quantitative estimate of drug-likeness (QED) is 0.380. The maximum Gasteiger partial charge on any atom is 0.0589 e. The summed E-state index contributed by atoms with van der Waals surface area (Å²) in [5.41, 5.74) is 0. The highest BCUT2D eigenvalue weighted by atomic mass is 16.3. The number of aliphatic hydroxyl groups is 5. The lowest BCUT2D eigenvalue weighted by Crippen LogP contribution is -2.22. The SMILES string of the molecule is CCC(O)CC(O)CCCC(O)CC(O)CC(C)O. The third kappa shape index (κ3) is 11.3. The summed E-state index contributed by atoms with van der Waals surface area (Å²) in [6, 6.07) is 0. The van der Waals surface area contributed by atoms with Crippen molar-refractivity contribution in [2.75, 3.05) is 0 Å². The van der Waals surface area contributed by atoms with Gasteiger partial charge in [0.25, 0.3) is 0 Å². The molecule has 0 aromatic heterocycles. The maximum atomic E-state index is 9.70. The molecule has 5 heteroatoms. The molecule has 116 valence electrons. The van der Waals surface area contributed by atoms with E-state index >= 15 is 0 Å². The minimum atomic E-state index is -0.693. The molecule has 0 aliphatic rings. The molecule has 0 aromatic carbocycles. The summed E-state index contributed by atoms with van der Waals surface area (Å²) < 4.78 is 0. The summed E-state index contributed by atoms with van der Waals surface area (Å²) >= 11 is 0. The predicted octanol–water partition coefficient (Wildman–Crippen LogP) is 0.561. The molecule has 0 aliphatic carbocycles. The van der Waals surface area contributed by atoms with Crippen LogP contribution in [0.3, 0.4) is 0 Å². The molecule has 5 nitrogen and oxygen atoms in total. The van der Waals surface area contributed by atoms with Gasteiger partial charge < -0.3 is 25.5 Å². The second-order valence-corrected chi connectivity index (χ2v) is 5.51. The maximum absolute atomic E-state index is 9.70. The molecule has 5 atom stereocenters. The van der Waals surface area contributed by atoms with Crippen LogP contribution in [-0.4, -0.2) is 56.1 Å². The summed E-state index contributed by atoms with van der Waals surface area (Å²) in [6.07, 6.45) is 0.344. The first-order chi connectivity index (χ1) is 8.85. The lowest BCUT2D eigenvalue weighted by atomic mass is 9.99. The van der Waals surface area contributed by atoms with Gasteiger partial charge in [0.05, 0.1) is 30.5 Å². The molecular formula is C14H30O5. The third-order valence-electron chi connectivity index (χ3n) is 3.25. The van der Waals surface area contributed by atoms with E-state index in [0.717, 1.165) is 0 Å². The van der Waals surface area contributed by atoms with Gasteiger partial charge >= 0.3 is 0 Å². The van der Waals surface area contributed by atoms with Crippen molar-refractivity contribution in [3.05, 3.63) is 0 Å². The number of hydrogen-bond acceptors (Lipinski definition) is 5. The van der Waals surface area contributed by atoms with Gasteiger partial charge in [-0.05, 0) is 51.9 Å². The molecule has 0 aliphatic heterocycles. The standard InChI is InChI=1S/C14H30O5/c1-3-11(16)8-12(17)5-4-6-13(18)9-14(19)7-10(2)15/h10-19H,3-9H2,1-2H3. The molecule has 0 saturated heterocycles. The molecule has 0 radical (unpaired) electrons. The average molecular weight is 278 g/mol. The van der Waals surface area contributed by atoms with Crippen molar-refractivity contribution in [3.63, 3.8) is 0 Å². The first-order valence-corrected chi connectivity index (χ1v) is 7.25. The van der Waals surface area contributed by atoms with E-state index in [1.165, 1.54) is 0 Å². The van der Waals surface area contributed by atoms with E-state index in [9.17, 15) is 20.4 Å². The fraction of sp³-hybridized carbons (Fsp3) is 1.00. The van der Waals surface area contributed by atoms with Gasteiger partial charge in [-0.2, -0.15) is 0 Å². The Labute approximate surface area is 115 Å². The monoisotopic (exact) mass is 278 g/mol. The van der Waals surface area contributed by atoms with Crippen molar-refractivity contribution in [1.82, 2.24) is 0 Å². The van der Waals surface area contributed by atoms with Crippen molar-refractivity contribution in [3.8, 4) is 0 Å². The molecule has 0 bridgehead atoms. The molecule has 0 saturated carbocycles. The Kier molecular flexibility index (Phi) is 10.5. The van der Waals surface area contributed by atoms with Crippen LogP contribution in [0, 0.1) is 0 Å². The lowest BCUT2D eigenvalue weighted by Gasteiger charge is -2.18. The second kappa shape index (κ2) is 10.6. The zero-order valence-corrected chi connectivity index (χ0v) is 12.1. The Balaban J connectivity index is 3.64. The topological polar surface area (TPSA) is 101 Å². The summed E-state index contributed by atoms with van der Waals surface area (Å²) in [6.45, 7) is 3.47. The van der Waals surface area contributed by atoms with Crippen molar-refractivity contribution < 1.29 is 25.5 Å². The van der Waals surface area contributed by atoms with Gasteiger partial charge in [0.2, 0.25) is 0 Å². The Hall–Kier alpha value is -0.200. The van der Waals surface area contributed by atoms with Crippen LogP contribution in [-0.2, 0) is 0 Å². The van der Waals surface area contributed by atoms with Crippen LogP contribution in [0.4, 0.5) is 0 Å². The molecule has 0 rings (SSSR count). The zero-order valence-electron chi connectivity index (χ0n) is 12.1. The van der Waals surface area contributed by atoms with Gasteiger partial charge in [-0.15, -0.1) is 0 Å². The fourth-order valence-electron chi connectivity index (χ4n) is 2.11. The van der Waals surface area contributed by atoms with E-state index in [1.807, 2.05) is 6.92 Å². The summed E-state index contributed by atoms with van der Waals surface area (Å²) in [4.78, 5) is 0. The van der Waals surface area contributed by atoms with E-state index in [0.29, 0.717) is 32.1 Å². The van der Waals surface area contributed by atoms with Crippen molar-refractivity contribution >= 4 is 0 Å². The molecule has 0 spiro atoms. The Morgan fingerprint density at radius 1 is 0.684 bits per heavy atom. The smallest absolute Gasteiger partial charge is 0.0589 e. The highest BCUT2D eigenvalue weighted by Crippen LogP contribution is 2.14. The van der Waals surface area contributed by atoms with Crippen molar-refractivity contribution in [1.29, 1.82) is 0 Å². The van der Waals surface area contributed by atoms with Gasteiger partial charge in [-0.3, -0.25) is 0 Å². The fourth-order valence-corrected chi connectivity index (χ4v) is 2.11. The van der Waals surface area contributed by atoms with Crippen LogP contribution < -0.4 is 0 Å². The largest absolute Gasteiger partial charge is 0.393 e. The Morgan fingerprint density at radius 2 is 1.16 bits per heavy atom. The van der Waals surface area contributed by atoms with Crippen LogP contribution in [0.2, 0.25) is 0 Å². The van der Waals surface area contributed by atoms with Crippen LogP contribution in [0.15, 0.2) is 0 Å². The van der Waals surface area contributed by atoms with E-state index in [4.69, 9.17) is 5.11 Å². The van der Waals surface area contributed by atoms with E-state index < -0.39 is 30.5 Å². The minimum absolute atomic E-state index is 0.249. The average Bonchev–Trinajstić information content (AvgIpc) is 2.27. The molecule has 0 heterocycles. The summed E-state index contributed by atoms with van der Waals surface area (Å²) in [5, 5.41) is 47.4. The first kappa shape index (κ1) is 18.8.